The van der Waals surface area contributed by atoms with Crippen molar-refractivity contribution in [3.05, 3.63) is 0 Å². The number of hydrogen-bond acceptors (Lipinski definition) is 4. The predicted octanol–water partition coefficient (Wildman–Crippen LogP) is 1.78. The van der Waals surface area contributed by atoms with Gasteiger partial charge in [-0.05, 0) is 32.1 Å². The van der Waals surface area contributed by atoms with E-state index in [-0.39, 0.29) is 0 Å². The van der Waals surface area contributed by atoms with Crippen LogP contribution in [0.15, 0.2) is 5.16 Å². The van der Waals surface area contributed by atoms with E-state index in [9.17, 15) is 0 Å². The van der Waals surface area contributed by atoms with E-state index in [1.54, 1.807) is 0 Å². The van der Waals surface area contributed by atoms with Crippen LogP contribution in [0, 0.1) is 0 Å². The lowest BCUT2D eigenvalue weighted by atomic mass is 9.95. The van der Waals surface area contributed by atoms with Crippen LogP contribution in [0.3, 0.4) is 0 Å². The first kappa shape index (κ1) is 13.6. The molecule has 0 bridgehead atoms. The summed E-state index contributed by atoms with van der Waals surface area (Å²) in [6, 6.07) is 0.649. The van der Waals surface area contributed by atoms with Crippen LogP contribution in [0.25, 0.3) is 0 Å². The third kappa shape index (κ3) is 4.61. The molecule has 1 saturated carbocycles. The molecule has 1 rings (SSSR count). The fourth-order valence-electron chi connectivity index (χ4n) is 2.22. The van der Waals surface area contributed by atoms with Gasteiger partial charge in [-0.25, -0.2) is 0 Å². The molecule has 0 aliphatic heterocycles. The Morgan fingerprint density at radius 1 is 1.50 bits per heavy atom. The van der Waals surface area contributed by atoms with Gasteiger partial charge < -0.3 is 16.3 Å². The number of hydrogen-bond donors (Lipinski definition) is 3. The Balaban J connectivity index is 2.15. The van der Waals surface area contributed by atoms with E-state index in [1.807, 2.05) is 11.8 Å². The van der Waals surface area contributed by atoms with Gasteiger partial charge in [0.2, 0.25) is 0 Å². The first-order valence-corrected chi connectivity index (χ1v) is 7.29. The van der Waals surface area contributed by atoms with Gasteiger partial charge in [0.05, 0.1) is 0 Å². The van der Waals surface area contributed by atoms with Crippen molar-refractivity contribution in [3.63, 3.8) is 0 Å². The van der Waals surface area contributed by atoms with Gasteiger partial charge in [0, 0.05) is 17.7 Å². The molecule has 94 valence electrons. The van der Waals surface area contributed by atoms with Crippen molar-refractivity contribution in [3.8, 4) is 0 Å². The molecule has 0 saturated heterocycles. The Kier molecular flexibility index (Phi) is 6.64. The van der Waals surface area contributed by atoms with Crippen LogP contribution < -0.4 is 11.1 Å². The van der Waals surface area contributed by atoms with Crippen LogP contribution in [0.5, 0.6) is 0 Å². The third-order valence-corrected chi connectivity index (χ3v) is 4.32. The van der Waals surface area contributed by atoms with E-state index in [2.05, 4.69) is 16.7 Å². The molecular weight excluding hydrogens is 222 g/mol. The second kappa shape index (κ2) is 7.79. The Labute approximate surface area is 102 Å². The van der Waals surface area contributed by atoms with Crippen molar-refractivity contribution in [2.45, 2.75) is 49.8 Å². The number of amidine groups is 1. The lowest BCUT2D eigenvalue weighted by Crippen LogP contribution is -2.41. The normalized spacial score (nSPS) is 26.9. The molecular formula is C11H23N3OS. The van der Waals surface area contributed by atoms with Gasteiger partial charge in [-0.1, -0.05) is 18.0 Å². The summed E-state index contributed by atoms with van der Waals surface area (Å²) in [6.45, 7) is 0.956. The van der Waals surface area contributed by atoms with Gasteiger partial charge in [0.25, 0.3) is 0 Å². The second-order valence-corrected chi connectivity index (χ2v) is 5.39. The first-order chi connectivity index (χ1) is 7.77. The third-order valence-electron chi connectivity index (χ3n) is 3.15. The molecule has 4 nitrogen and oxygen atoms in total. The average molecular weight is 245 g/mol. The summed E-state index contributed by atoms with van der Waals surface area (Å²) in [5.41, 5.74) is 5.41. The molecule has 0 aromatic rings. The molecule has 2 unspecified atom stereocenters. The highest BCUT2D eigenvalue weighted by atomic mass is 32.2. The fraction of sp³-hybridized carbons (Fsp3) is 0.909. The van der Waals surface area contributed by atoms with E-state index in [0.29, 0.717) is 18.3 Å². The Morgan fingerprint density at radius 2 is 2.25 bits per heavy atom. The highest BCUT2D eigenvalue weighted by Gasteiger charge is 2.23. The summed E-state index contributed by atoms with van der Waals surface area (Å²) in [7, 11) is 0. The van der Waals surface area contributed by atoms with E-state index in [0.717, 1.165) is 18.2 Å². The summed E-state index contributed by atoms with van der Waals surface area (Å²) in [4.78, 5) is 0. The van der Waals surface area contributed by atoms with Crippen molar-refractivity contribution in [2.75, 3.05) is 12.8 Å². The van der Waals surface area contributed by atoms with E-state index in [1.165, 1.54) is 25.7 Å². The van der Waals surface area contributed by atoms with Gasteiger partial charge in [0.15, 0.2) is 0 Å². The molecule has 1 aliphatic carbocycles. The van der Waals surface area contributed by atoms with Gasteiger partial charge >= 0.3 is 0 Å². The van der Waals surface area contributed by atoms with Crippen molar-refractivity contribution < 1.29 is 5.21 Å². The number of nitrogens with two attached hydrogens (primary N) is 1. The molecule has 1 aliphatic rings. The molecule has 0 heterocycles. The minimum atomic E-state index is 0.326. The van der Waals surface area contributed by atoms with Crippen LogP contribution in [-0.2, 0) is 0 Å². The summed E-state index contributed by atoms with van der Waals surface area (Å²) in [5.74, 6) is 0.326. The smallest absolute Gasteiger partial charge is 0.139 e. The number of rotatable bonds is 6. The van der Waals surface area contributed by atoms with Crippen LogP contribution in [0.2, 0.25) is 0 Å². The maximum Gasteiger partial charge on any atom is 0.139 e. The lowest BCUT2D eigenvalue weighted by Gasteiger charge is -2.31. The molecule has 0 radical (unpaired) electrons. The number of nitrogens with one attached hydrogen (secondary N) is 1. The van der Waals surface area contributed by atoms with Crippen LogP contribution >= 0.6 is 11.8 Å². The minimum absolute atomic E-state index is 0.326. The molecule has 0 aromatic heterocycles. The Bertz CT molecular complexity index is 223. The van der Waals surface area contributed by atoms with Gasteiger partial charge in [0.1, 0.15) is 5.84 Å². The number of thioether (sulfide) groups is 1. The number of nitrogens with zero attached hydrogens (tertiary/aromatic N) is 1. The summed E-state index contributed by atoms with van der Waals surface area (Å²) in [5, 5.41) is 15.7. The Morgan fingerprint density at radius 3 is 2.94 bits per heavy atom. The van der Waals surface area contributed by atoms with Gasteiger partial charge in [-0.3, -0.25) is 0 Å². The van der Waals surface area contributed by atoms with Gasteiger partial charge in [-0.2, -0.15) is 11.8 Å². The fourth-order valence-corrected chi connectivity index (χ4v) is 3.18. The zero-order valence-corrected chi connectivity index (χ0v) is 10.8. The average Bonchev–Trinajstić information content (AvgIpc) is 2.34. The highest BCUT2D eigenvalue weighted by molar-refractivity contribution is 7.99. The standard InChI is InChI=1S/C11H23N3OS/c1-16-10-6-3-2-5-9(10)13-8-4-7-11(12)14-15/h9-10,13,15H,2-8H2,1H3,(H2,12,14). The summed E-state index contributed by atoms with van der Waals surface area (Å²) in [6.07, 6.45) is 9.13. The molecule has 4 N–H and O–H groups in total. The molecule has 0 spiro atoms. The molecule has 16 heavy (non-hydrogen) atoms. The van der Waals surface area contributed by atoms with E-state index < -0.39 is 0 Å². The van der Waals surface area contributed by atoms with Crippen molar-refractivity contribution in [1.29, 1.82) is 0 Å². The first-order valence-electron chi connectivity index (χ1n) is 6.00. The van der Waals surface area contributed by atoms with Crippen molar-refractivity contribution >= 4 is 17.6 Å². The minimum Gasteiger partial charge on any atom is -0.409 e. The Hall–Kier alpha value is -0.420. The largest absolute Gasteiger partial charge is 0.409 e. The molecule has 0 amide bonds. The molecule has 0 aromatic carbocycles. The van der Waals surface area contributed by atoms with Gasteiger partial charge in [-0.15, -0.1) is 0 Å². The van der Waals surface area contributed by atoms with Crippen molar-refractivity contribution in [2.24, 2.45) is 10.9 Å². The van der Waals surface area contributed by atoms with E-state index >= 15 is 0 Å². The van der Waals surface area contributed by atoms with Crippen LogP contribution in [0.4, 0.5) is 0 Å². The summed E-state index contributed by atoms with van der Waals surface area (Å²) < 4.78 is 0. The molecule has 2 atom stereocenters. The lowest BCUT2D eigenvalue weighted by molar-refractivity contribution is 0.316. The highest BCUT2D eigenvalue weighted by Crippen LogP contribution is 2.26. The maximum atomic E-state index is 8.40. The zero-order chi connectivity index (χ0) is 11.8. The van der Waals surface area contributed by atoms with Crippen LogP contribution in [-0.4, -0.2) is 35.1 Å². The topological polar surface area (TPSA) is 70.6 Å². The van der Waals surface area contributed by atoms with Crippen LogP contribution in [0.1, 0.15) is 38.5 Å². The summed E-state index contributed by atoms with van der Waals surface area (Å²) >= 11 is 1.97. The second-order valence-electron chi connectivity index (χ2n) is 4.31. The number of oxime groups is 1. The predicted molar refractivity (Wildman–Crippen MR) is 70.2 cm³/mol. The van der Waals surface area contributed by atoms with E-state index in [4.69, 9.17) is 10.9 Å². The SMILES string of the molecule is CSC1CCCCC1NCCCC(N)=NO. The maximum absolute atomic E-state index is 8.40. The molecule has 1 fully saturated rings. The quantitative estimate of drug-likeness (QED) is 0.219. The molecule has 5 heteroatoms. The zero-order valence-electron chi connectivity index (χ0n) is 9.98. The monoisotopic (exact) mass is 245 g/mol. The van der Waals surface area contributed by atoms with Crippen molar-refractivity contribution in [1.82, 2.24) is 5.32 Å².